The lowest BCUT2D eigenvalue weighted by Gasteiger charge is -2.20. The number of carbonyl (C=O) groups is 1. The second-order valence-corrected chi connectivity index (χ2v) is 6.50. The van der Waals surface area contributed by atoms with Crippen molar-refractivity contribution >= 4 is 22.4 Å². The molecule has 3 atom stereocenters. The first-order valence-corrected chi connectivity index (χ1v) is 7.12. The summed E-state index contributed by atoms with van der Waals surface area (Å²) in [4.78, 5) is 11.9. The van der Waals surface area contributed by atoms with Crippen LogP contribution in [0.4, 0.5) is 5.13 Å². The quantitative estimate of drug-likeness (QED) is 0.898. The van der Waals surface area contributed by atoms with E-state index in [1.165, 1.54) is 37.0 Å². The summed E-state index contributed by atoms with van der Waals surface area (Å²) in [5.74, 6) is 2.44. The summed E-state index contributed by atoms with van der Waals surface area (Å²) in [5.41, 5.74) is 0. The standard InChI is InChI=1S/C12H17N3OS/c1-7-14-15-12(17-7)13-11(16)6-10-5-8-2-3-9(10)4-8/h8-10H,2-6H2,1H3,(H,13,15,16)/t8-,9-,10-/m1/s1. The van der Waals surface area contributed by atoms with E-state index in [2.05, 4.69) is 15.5 Å². The van der Waals surface area contributed by atoms with E-state index in [4.69, 9.17) is 0 Å². The van der Waals surface area contributed by atoms with Gasteiger partial charge in [0.1, 0.15) is 5.01 Å². The Hall–Kier alpha value is -0.970. The third-order valence-corrected chi connectivity index (χ3v) is 4.86. The monoisotopic (exact) mass is 251 g/mol. The van der Waals surface area contributed by atoms with Crippen molar-refractivity contribution in [1.82, 2.24) is 10.2 Å². The van der Waals surface area contributed by atoms with E-state index in [9.17, 15) is 4.79 Å². The molecule has 92 valence electrons. The van der Waals surface area contributed by atoms with Gasteiger partial charge in [0.2, 0.25) is 11.0 Å². The molecule has 1 amide bonds. The maximum absolute atomic E-state index is 11.9. The van der Waals surface area contributed by atoms with Crippen LogP contribution in [0.5, 0.6) is 0 Å². The van der Waals surface area contributed by atoms with E-state index in [1.807, 2.05) is 6.92 Å². The molecule has 2 aliphatic carbocycles. The zero-order valence-electron chi connectivity index (χ0n) is 9.98. The first-order valence-electron chi connectivity index (χ1n) is 6.30. The minimum absolute atomic E-state index is 0.110. The van der Waals surface area contributed by atoms with Gasteiger partial charge in [-0.3, -0.25) is 4.79 Å². The highest BCUT2D eigenvalue weighted by Gasteiger charge is 2.40. The summed E-state index contributed by atoms with van der Waals surface area (Å²) in [6, 6.07) is 0. The molecule has 4 nitrogen and oxygen atoms in total. The molecule has 0 spiro atoms. The number of aryl methyl sites for hydroxylation is 1. The van der Waals surface area contributed by atoms with Crippen molar-refractivity contribution in [2.45, 2.75) is 39.0 Å². The van der Waals surface area contributed by atoms with Crippen LogP contribution in [0.25, 0.3) is 0 Å². The largest absolute Gasteiger partial charge is 0.301 e. The Labute approximate surface area is 105 Å². The molecule has 1 aromatic heterocycles. The Morgan fingerprint density at radius 2 is 2.29 bits per heavy atom. The van der Waals surface area contributed by atoms with Crippen LogP contribution in [-0.2, 0) is 4.79 Å². The summed E-state index contributed by atoms with van der Waals surface area (Å²) in [6.45, 7) is 1.89. The van der Waals surface area contributed by atoms with Crippen LogP contribution in [0, 0.1) is 24.7 Å². The second-order valence-electron chi connectivity index (χ2n) is 5.31. The zero-order valence-corrected chi connectivity index (χ0v) is 10.8. The van der Waals surface area contributed by atoms with Crippen LogP contribution in [0.1, 0.15) is 37.1 Å². The van der Waals surface area contributed by atoms with Gasteiger partial charge in [0.25, 0.3) is 0 Å². The molecule has 1 aromatic rings. The van der Waals surface area contributed by atoms with Gasteiger partial charge in [-0.25, -0.2) is 0 Å². The van der Waals surface area contributed by atoms with Crippen LogP contribution in [0.15, 0.2) is 0 Å². The maximum Gasteiger partial charge on any atom is 0.226 e. The fraction of sp³-hybridized carbons (Fsp3) is 0.750. The smallest absolute Gasteiger partial charge is 0.226 e. The highest BCUT2D eigenvalue weighted by molar-refractivity contribution is 7.15. The third-order valence-electron chi connectivity index (χ3n) is 4.10. The number of aromatic nitrogens is 2. The lowest BCUT2D eigenvalue weighted by molar-refractivity contribution is -0.117. The number of hydrogen-bond acceptors (Lipinski definition) is 4. The summed E-state index contributed by atoms with van der Waals surface area (Å²) in [5, 5.41) is 12.2. The second kappa shape index (κ2) is 4.37. The van der Waals surface area contributed by atoms with Gasteiger partial charge >= 0.3 is 0 Å². The topological polar surface area (TPSA) is 54.9 Å². The molecule has 5 heteroatoms. The first-order chi connectivity index (χ1) is 8.20. The molecule has 0 saturated heterocycles. The van der Waals surface area contributed by atoms with Crippen LogP contribution in [0.2, 0.25) is 0 Å². The van der Waals surface area contributed by atoms with Gasteiger partial charge in [0.05, 0.1) is 0 Å². The average molecular weight is 251 g/mol. The first kappa shape index (κ1) is 11.1. The lowest BCUT2D eigenvalue weighted by Crippen LogP contribution is -2.20. The van der Waals surface area contributed by atoms with Crippen molar-refractivity contribution in [3.05, 3.63) is 5.01 Å². The number of nitrogens with one attached hydrogen (secondary N) is 1. The number of fused-ring (bicyclic) bond motifs is 2. The number of amides is 1. The van der Waals surface area contributed by atoms with E-state index in [1.54, 1.807) is 0 Å². The van der Waals surface area contributed by atoms with E-state index in [0.29, 0.717) is 17.5 Å². The fourth-order valence-electron chi connectivity index (χ4n) is 3.38. The van der Waals surface area contributed by atoms with Gasteiger partial charge in [0, 0.05) is 6.42 Å². The average Bonchev–Trinajstić information content (AvgIpc) is 2.95. The van der Waals surface area contributed by atoms with Crippen LogP contribution in [-0.4, -0.2) is 16.1 Å². The van der Waals surface area contributed by atoms with Gasteiger partial charge < -0.3 is 5.32 Å². The summed E-state index contributed by atoms with van der Waals surface area (Å²) in [6.07, 6.45) is 6.00. The molecule has 2 saturated carbocycles. The minimum atomic E-state index is 0.110. The Morgan fingerprint density at radius 1 is 1.41 bits per heavy atom. The molecule has 2 bridgehead atoms. The lowest BCUT2D eigenvalue weighted by atomic mass is 9.86. The van der Waals surface area contributed by atoms with Gasteiger partial charge in [-0.05, 0) is 43.9 Å². The van der Waals surface area contributed by atoms with Crippen molar-refractivity contribution in [2.24, 2.45) is 17.8 Å². The predicted octanol–water partition coefficient (Wildman–Crippen LogP) is 2.61. The van der Waals surface area contributed by atoms with Crippen molar-refractivity contribution in [3.8, 4) is 0 Å². The van der Waals surface area contributed by atoms with E-state index >= 15 is 0 Å². The normalized spacial score (nSPS) is 30.8. The number of hydrogen-bond donors (Lipinski definition) is 1. The Kier molecular flexibility index (Phi) is 2.86. The summed E-state index contributed by atoms with van der Waals surface area (Å²) >= 11 is 1.44. The van der Waals surface area contributed by atoms with Crippen molar-refractivity contribution in [2.75, 3.05) is 5.32 Å². The van der Waals surface area contributed by atoms with Crippen LogP contribution < -0.4 is 5.32 Å². The molecular weight excluding hydrogens is 234 g/mol. The Morgan fingerprint density at radius 3 is 2.88 bits per heavy atom. The zero-order chi connectivity index (χ0) is 11.8. The number of nitrogens with zero attached hydrogens (tertiary/aromatic N) is 2. The van der Waals surface area contributed by atoms with Crippen LogP contribution in [0.3, 0.4) is 0 Å². The molecule has 0 aliphatic heterocycles. The Balaban J connectivity index is 1.54. The van der Waals surface area contributed by atoms with Gasteiger partial charge in [-0.2, -0.15) is 0 Å². The fourth-order valence-corrected chi connectivity index (χ4v) is 3.99. The third kappa shape index (κ3) is 2.34. The molecule has 0 radical (unpaired) electrons. The molecule has 2 fully saturated rings. The van der Waals surface area contributed by atoms with Crippen molar-refractivity contribution in [1.29, 1.82) is 0 Å². The molecule has 1 heterocycles. The van der Waals surface area contributed by atoms with Crippen LogP contribution >= 0.6 is 11.3 Å². The van der Waals surface area contributed by atoms with Gasteiger partial charge in [-0.1, -0.05) is 17.8 Å². The molecule has 17 heavy (non-hydrogen) atoms. The molecule has 2 aliphatic rings. The van der Waals surface area contributed by atoms with E-state index < -0.39 is 0 Å². The van der Waals surface area contributed by atoms with E-state index in [-0.39, 0.29) is 5.91 Å². The summed E-state index contributed by atoms with van der Waals surface area (Å²) in [7, 11) is 0. The Bertz CT molecular complexity index is 431. The minimum Gasteiger partial charge on any atom is -0.301 e. The maximum atomic E-state index is 11.9. The predicted molar refractivity (Wildman–Crippen MR) is 66.8 cm³/mol. The van der Waals surface area contributed by atoms with Gasteiger partial charge in [-0.15, -0.1) is 10.2 Å². The number of rotatable bonds is 3. The summed E-state index contributed by atoms with van der Waals surface area (Å²) < 4.78 is 0. The van der Waals surface area contributed by atoms with Gasteiger partial charge in [0.15, 0.2) is 0 Å². The molecule has 1 N–H and O–H groups in total. The molecular formula is C12H17N3OS. The van der Waals surface area contributed by atoms with E-state index in [0.717, 1.165) is 16.8 Å². The molecule has 0 aromatic carbocycles. The van der Waals surface area contributed by atoms with Crippen molar-refractivity contribution < 1.29 is 4.79 Å². The SMILES string of the molecule is Cc1nnc(NC(=O)C[C@H]2C[C@@H]3CC[C@@H]2C3)s1. The number of anilines is 1. The number of carbonyl (C=O) groups excluding carboxylic acids is 1. The molecule has 0 unspecified atom stereocenters. The highest BCUT2D eigenvalue weighted by Crippen LogP contribution is 2.49. The van der Waals surface area contributed by atoms with Crippen molar-refractivity contribution in [3.63, 3.8) is 0 Å². The highest BCUT2D eigenvalue weighted by atomic mass is 32.1. The molecule has 3 rings (SSSR count).